The molecule has 0 radical (unpaired) electrons. The van der Waals surface area contributed by atoms with Crippen molar-refractivity contribution in [2.24, 2.45) is 5.92 Å². The number of hydrogen-bond acceptors (Lipinski definition) is 8. The molecule has 0 unspecified atom stereocenters. The SMILES string of the molecule is CC(C)(C)c1ccc(N2CC(CNc3cc4c(nn3)CCS(=O)(=O)C4)C2)nn1. The van der Waals surface area contributed by atoms with Gasteiger partial charge in [-0.1, -0.05) is 20.8 Å². The van der Waals surface area contributed by atoms with Crippen LogP contribution >= 0.6 is 0 Å². The third-order valence-electron chi connectivity index (χ3n) is 5.26. The zero-order valence-corrected chi connectivity index (χ0v) is 17.3. The fourth-order valence-corrected chi connectivity index (χ4v) is 4.84. The Morgan fingerprint density at radius 1 is 1.14 bits per heavy atom. The van der Waals surface area contributed by atoms with Crippen LogP contribution in [0.25, 0.3) is 0 Å². The van der Waals surface area contributed by atoms with Gasteiger partial charge in [-0.15, -0.1) is 10.2 Å². The van der Waals surface area contributed by atoms with Gasteiger partial charge in [-0.05, 0) is 23.8 Å². The number of hydrogen-bond donors (Lipinski definition) is 1. The smallest absolute Gasteiger partial charge is 0.154 e. The summed E-state index contributed by atoms with van der Waals surface area (Å²) >= 11 is 0. The van der Waals surface area contributed by atoms with E-state index in [0.29, 0.717) is 18.2 Å². The maximum Gasteiger partial charge on any atom is 0.154 e. The molecule has 0 bridgehead atoms. The molecule has 0 aliphatic carbocycles. The molecule has 9 heteroatoms. The Balaban J connectivity index is 1.30. The Morgan fingerprint density at radius 2 is 1.93 bits per heavy atom. The van der Waals surface area contributed by atoms with Crippen LogP contribution in [0.2, 0.25) is 0 Å². The fraction of sp³-hybridized carbons (Fsp3) is 0.579. The highest BCUT2D eigenvalue weighted by molar-refractivity contribution is 7.90. The topological polar surface area (TPSA) is 101 Å². The first-order valence-corrected chi connectivity index (χ1v) is 11.4. The van der Waals surface area contributed by atoms with Gasteiger partial charge in [0.1, 0.15) is 5.82 Å². The van der Waals surface area contributed by atoms with E-state index in [0.717, 1.165) is 42.4 Å². The number of aryl methyl sites for hydroxylation is 1. The molecule has 0 atom stereocenters. The zero-order valence-electron chi connectivity index (χ0n) is 16.5. The molecule has 2 aliphatic rings. The van der Waals surface area contributed by atoms with Crippen molar-refractivity contribution in [3.8, 4) is 0 Å². The van der Waals surface area contributed by atoms with Gasteiger partial charge in [-0.2, -0.15) is 10.2 Å². The molecule has 1 fully saturated rings. The largest absolute Gasteiger partial charge is 0.368 e. The van der Waals surface area contributed by atoms with Crippen LogP contribution in [-0.4, -0.2) is 54.2 Å². The molecule has 150 valence electrons. The Hall–Kier alpha value is -2.29. The van der Waals surface area contributed by atoms with Crippen molar-refractivity contribution < 1.29 is 8.42 Å². The molecule has 0 amide bonds. The molecule has 2 aliphatic heterocycles. The van der Waals surface area contributed by atoms with Crippen molar-refractivity contribution in [2.75, 3.05) is 35.6 Å². The first-order valence-electron chi connectivity index (χ1n) is 9.58. The highest BCUT2D eigenvalue weighted by Gasteiger charge is 2.29. The molecule has 1 N–H and O–H groups in total. The summed E-state index contributed by atoms with van der Waals surface area (Å²) < 4.78 is 23.6. The van der Waals surface area contributed by atoms with Crippen molar-refractivity contribution >= 4 is 21.5 Å². The average Bonchev–Trinajstić information content (AvgIpc) is 2.59. The Morgan fingerprint density at radius 3 is 2.61 bits per heavy atom. The minimum atomic E-state index is -3.00. The van der Waals surface area contributed by atoms with E-state index in [2.05, 4.69) is 51.4 Å². The summed E-state index contributed by atoms with van der Waals surface area (Å²) in [5.74, 6) is 2.25. The van der Waals surface area contributed by atoms with E-state index in [1.165, 1.54) is 0 Å². The van der Waals surface area contributed by atoms with Gasteiger partial charge in [0.25, 0.3) is 0 Å². The van der Waals surface area contributed by atoms with Crippen LogP contribution in [-0.2, 0) is 27.4 Å². The van der Waals surface area contributed by atoms with Crippen molar-refractivity contribution in [3.05, 3.63) is 35.2 Å². The van der Waals surface area contributed by atoms with E-state index in [1.54, 1.807) is 0 Å². The minimum Gasteiger partial charge on any atom is -0.368 e. The van der Waals surface area contributed by atoms with Crippen LogP contribution in [0, 0.1) is 5.92 Å². The van der Waals surface area contributed by atoms with Crippen LogP contribution in [0.3, 0.4) is 0 Å². The van der Waals surface area contributed by atoms with Gasteiger partial charge < -0.3 is 10.2 Å². The second kappa shape index (κ2) is 6.95. The Kier molecular flexibility index (Phi) is 4.73. The fourth-order valence-electron chi connectivity index (χ4n) is 3.47. The third kappa shape index (κ3) is 4.09. The molecule has 0 spiro atoms. The van der Waals surface area contributed by atoms with Gasteiger partial charge in [0.2, 0.25) is 0 Å². The first kappa shape index (κ1) is 19.0. The van der Waals surface area contributed by atoms with Crippen LogP contribution in [0.4, 0.5) is 11.6 Å². The van der Waals surface area contributed by atoms with E-state index < -0.39 is 9.84 Å². The van der Waals surface area contributed by atoms with Crippen LogP contribution < -0.4 is 10.2 Å². The van der Waals surface area contributed by atoms with Crippen molar-refractivity contribution in [2.45, 2.75) is 38.4 Å². The second-order valence-electron chi connectivity index (χ2n) is 8.72. The van der Waals surface area contributed by atoms with Gasteiger partial charge in [0, 0.05) is 37.4 Å². The number of nitrogens with zero attached hydrogens (tertiary/aromatic N) is 5. The van der Waals surface area contributed by atoms with Crippen molar-refractivity contribution in [3.63, 3.8) is 0 Å². The maximum atomic E-state index is 11.8. The molecule has 28 heavy (non-hydrogen) atoms. The highest BCUT2D eigenvalue weighted by Crippen LogP contribution is 2.26. The normalized spacial score (nSPS) is 19.0. The number of anilines is 2. The molecule has 2 aromatic heterocycles. The lowest BCUT2D eigenvalue weighted by atomic mass is 9.92. The van der Waals surface area contributed by atoms with Gasteiger partial charge in [-0.25, -0.2) is 8.42 Å². The minimum absolute atomic E-state index is 0.00216. The van der Waals surface area contributed by atoms with Crippen LogP contribution in [0.5, 0.6) is 0 Å². The quantitative estimate of drug-likeness (QED) is 0.823. The molecule has 2 aromatic rings. The van der Waals surface area contributed by atoms with Crippen molar-refractivity contribution in [1.29, 1.82) is 0 Å². The summed E-state index contributed by atoms with van der Waals surface area (Å²) in [6, 6.07) is 5.91. The van der Waals surface area contributed by atoms with E-state index in [1.807, 2.05) is 18.2 Å². The van der Waals surface area contributed by atoms with Crippen molar-refractivity contribution in [1.82, 2.24) is 20.4 Å². The number of sulfone groups is 1. The monoisotopic (exact) mass is 402 g/mol. The van der Waals surface area contributed by atoms with Gasteiger partial charge >= 0.3 is 0 Å². The number of nitrogens with one attached hydrogen (secondary N) is 1. The maximum absolute atomic E-state index is 11.8. The number of fused-ring (bicyclic) bond motifs is 1. The van der Waals surface area contributed by atoms with E-state index in [-0.39, 0.29) is 16.9 Å². The standard InChI is InChI=1S/C19H26N6O2S/c1-19(2,3)16-4-5-18(24-22-16)25-10-13(11-25)9-20-17-8-14-12-28(26,27)7-6-15(14)21-23-17/h4-5,8,13H,6-7,9-12H2,1-3H3,(H,20,23). The molecule has 1 saturated heterocycles. The highest BCUT2D eigenvalue weighted by atomic mass is 32.2. The lowest BCUT2D eigenvalue weighted by Crippen LogP contribution is -2.50. The predicted octanol–water partition coefficient (Wildman–Crippen LogP) is 1.58. The lowest BCUT2D eigenvalue weighted by Gasteiger charge is -2.40. The average molecular weight is 403 g/mol. The predicted molar refractivity (Wildman–Crippen MR) is 108 cm³/mol. The van der Waals surface area contributed by atoms with Crippen LogP contribution in [0.1, 0.15) is 37.7 Å². The lowest BCUT2D eigenvalue weighted by molar-refractivity contribution is 0.424. The summed E-state index contributed by atoms with van der Waals surface area (Å²) in [6.07, 6.45) is 0.456. The molecular weight excluding hydrogens is 376 g/mol. The Bertz CT molecular complexity index is 963. The zero-order chi connectivity index (χ0) is 19.9. The molecular formula is C19H26N6O2S. The van der Waals surface area contributed by atoms with E-state index >= 15 is 0 Å². The molecule has 4 rings (SSSR count). The van der Waals surface area contributed by atoms with E-state index in [9.17, 15) is 8.42 Å². The summed E-state index contributed by atoms with van der Waals surface area (Å²) in [6.45, 7) is 8.96. The molecule has 8 nitrogen and oxygen atoms in total. The summed E-state index contributed by atoms with van der Waals surface area (Å²) in [4.78, 5) is 2.21. The Labute approximate surface area is 165 Å². The third-order valence-corrected chi connectivity index (χ3v) is 6.83. The summed E-state index contributed by atoms with van der Waals surface area (Å²) in [5, 5.41) is 20.4. The summed E-state index contributed by atoms with van der Waals surface area (Å²) in [7, 11) is -3.00. The van der Waals surface area contributed by atoms with Crippen LogP contribution in [0.15, 0.2) is 18.2 Å². The number of rotatable bonds is 4. The number of aromatic nitrogens is 4. The second-order valence-corrected chi connectivity index (χ2v) is 10.9. The summed E-state index contributed by atoms with van der Waals surface area (Å²) in [5.41, 5.74) is 2.56. The molecule has 0 aromatic carbocycles. The van der Waals surface area contributed by atoms with E-state index in [4.69, 9.17) is 0 Å². The van der Waals surface area contributed by atoms with Gasteiger partial charge in [0.15, 0.2) is 15.7 Å². The first-order chi connectivity index (χ1) is 13.2. The molecule has 4 heterocycles. The van der Waals surface area contributed by atoms with Gasteiger partial charge in [0.05, 0.1) is 22.9 Å². The van der Waals surface area contributed by atoms with Gasteiger partial charge in [-0.3, -0.25) is 0 Å². The molecule has 0 saturated carbocycles.